The molecule has 1 nitrogen and oxygen atoms in total. The van der Waals surface area contributed by atoms with E-state index in [9.17, 15) is 5.11 Å². The third-order valence-electron chi connectivity index (χ3n) is 6.25. The fraction of sp³-hybridized carbons (Fsp3) is 1.00. The Morgan fingerprint density at radius 3 is 1.94 bits per heavy atom. The summed E-state index contributed by atoms with van der Waals surface area (Å²) in [5.74, 6) is 1.70. The highest BCUT2D eigenvalue weighted by molar-refractivity contribution is 5.14. The molecule has 1 heteroatoms. The first-order valence-corrected chi connectivity index (χ1v) is 6.95. The van der Waals surface area contributed by atoms with Crippen molar-refractivity contribution in [3.05, 3.63) is 0 Å². The van der Waals surface area contributed by atoms with Crippen molar-refractivity contribution in [1.82, 2.24) is 0 Å². The van der Waals surface area contributed by atoms with Gasteiger partial charge >= 0.3 is 0 Å². The smallest absolute Gasteiger partial charge is 0.0650 e. The highest BCUT2D eigenvalue weighted by Crippen LogP contribution is 2.69. The van der Waals surface area contributed by atoms with Gasteiger partial charge in [-0.05, 0) is 60.2 Å². The van der Waals surface area contributed by atoms with E-state index < -0.39 is 0 Å². The highest BCUT2D eigenvalue weighted by Gasteiger charge is 2.64. The molecule has 3 rings (SSSR count). The van der Waals surface area contributed by atoms with Gasteiger partial charge in [0.05, 0.1) is 6.10 Å². The molecule has 3 fully saturated rings. The number of rotatable bonds is 1. The Labute approximate surface area is 99.6 Å². The zero-order valence-corrected chi connectivity index (χ0v) is 11.2. The monoisotopic (exact) mass is 222 g/mol. The molecule has 3 saturated carbocycles. The third kappa shape index (κ3) is 1.21. The molecule has 0 radical (unpaired) electrons. The number of aliphatic hydroxyl groups is 1. The molecule has 3 aliphatic rings. The number of hydrogen-bond donors (Lipinski definition) is 1. The van der Waals surface area contributed by atoms with Gasteiger partial charge in [-0.3, -0.25) is 0 Å². The molecule has 0 aromatic carbocycles. The molecule has 16 heavy (non-hydrogen) atoms. The molecule has 92 valence electrons. The van der Waals surface area contributed by atoms with Gasteiger partial charge in [0.25, 0.3) is 0 Å². The largest absolute Gasteiger partial charge is 0.392 e. The Balaban J connectivity index is 1.80. The molecular formula is C15H26O. The second-order valence-electron chi connectivity index (χ2n) is 8.21. The van der Waals surface area contributed by atoms with Crippen molar-refractivity contribution < 1.29 is 5.11 Å². The average molecular weight is 222 g/mol. The molecule has 0 amide bonds. The van der Waals surface area contributed by atoms with Crippen LogP contribution in [0.2, 0.25) is 0 Å². The first-order valence-electron chi connectivity index (χ1n) is 6.95. The van der Waals surface area contributed by atoms with Gasteiger partial charge in [0.15, 0.2) is 0 Å². The molecule has 4 atom stereocenters. The van der Waals surface area contributed by atoms with Gasteiger partial charge in [0, 0.05) is 0 Å². The first-order chi connectivity index (χ1) is 7.27. The van der Waals surface area contributed by atoms with E-state index in [4.69, 9.17) is 0 Å². The number of hydrogen-bond acceptors (Lipinski definition) is 1. The molecular weight excluding hydrogens is 196 g/mol. The van der Waals surface area contributed by atoms with Crippen LogP contribution >= 0.6 is 0 Å². The Hall–Kier alpha value is -0.0400. The van der Waals surface area contributed by atoms with Crippen LogP contribution in [0.1, 0.15) is 59.8 Å². The van der Waals surface area contributed by atoms with Gasteiger partial charge in [-0.15, -0.1) is 0 Å². The van der Waals surface area contributed by atoms with Crippen LogP contribution in [0.4, 0.5) is 0 Å². The summed E-state index contributed by atoms with van der Waals surface area (Å²) in [6, 6.07) is 0. The van der Waals surface area contributed by atoms with Crippen LogP contribution in [0.25, 0.3) is 0 Å². The molecule has 0 spiro atoms. The van der Waals surface area contributed by atoms with Gasteiger partial charge in [0.2, 0.25) is 0 Å². The Morgan fingerprint density at radius 2 is 1.56 bits per heavy atom. The summed E-state index contributed by atoms with van der Waals surface area (Å²) in [5, 5.41) is 10.5. The third-order valence-corrected chi connectivity index (χ3v) is 6.25. The molecule has 0 saturated heterocycles. The minimum absolute atomic E-state index is 0.0336. The molecule has 0 aromatic heterocycles. The summed E-state index contributed by atoms with van der Waals surface area (Å²) >= 11 is 0. The Bertz CT molecular complexity index is 313. The van der Waals surface area contributed by atoms with Crippen molar-refractivity contribution in [2.24, 2.45) is 28.1 Å². The summed E-state index contributed by atoms with van der Waals surface area (Å²) in [4.78, 5) is 0. The zero-order valence-electron chi connectivity index (χ0n) is 11.2. The highest BCUT2D eigenvalue weighted by atomic mass is 16.3. The Kier molecular flexibility index (Phi) is 1.98. The van der Waals surface area contributed by atoms with E-state index in [0.29, 0.717) is 5.41 Å². The van der Waals surface area contributed by atoms with E-state index in [1.165, 1.54) is 32.1 Å². The maximum atomic E-state index is 10.5. The lowest BCUT2D eigenvalue weighted by atomic mass is 9.54. The van der Waals surface area contributed by atoms with E-state index in [-0.39, 0.29) is 16.9 Å². The lowest BCUT2D eigenvalue weighted by molar-refractivity contribution is -0.0293. The predicted octanol–water partition coefficient (Wildman–Crippen LogP) is 3.61. The van der Waals surface area contributed by atoms with Crippen molar-refractivity contribution >= 4 is 0 Å². The zero-order chi connectivity index (χ0) is 11.8. The summed E-state index contributed by atoms with van der Waals surface area (Å²) in [7, 11) is 0. The van der Waals surface area contributed by atoms with Crippen LogP contribution < -0.4 is 0 Å². The van der Waals surface area contributed by atoms with Crippen LogP contribution in [-0.2, 0) is 0 Å². The lowest BCUT2D eigenvalue weighted by Crippen LogP contribution is -2.43. The minimum Gasteiger partial charge on any atom is -0.392 e. The molecule has 1 N–H and O–H groups in total. The van der Waals surface area contributed by atoms with Gasteiger partial charge < -0.3 is 5.11 Å². The van der Waals surface area contributed by atoms with E-state index in [1.54, 1.807) is 0 Å². The van der Waals surface area contributed by atoms with E-state index in [2.05, 4.69) is 27.7 Å². The lowest BCUT2D eigenvalue weighted by Gasteiger charge is -2.50. The summed E-state index contributed by atoms with van der Waals surface area (Å²) in [6.45, 7) is 9.44. The van der Waals surface area contributed by atoms with Crippen molar-refractivity contribution in [1.29, 1.82) is 0 Å². The normalized spacial score (nSPS) is 55.3. The van der Waals surface area contributed by atoms with Crippen molar-refractivity contribution in [2.75, 3.05) is 0 Å². The van der Waals surface area contributed by atoms with Crippen LogP contribution in [0, 0.1) is 28.1 Å². The average Bonchev–Trinajstić information content (AvgIpc) is 2.48. The molecule has 0 heterocycles. The predicted molar refractivity (Wildman–Crippen MR) is 66.1 cm³/mol. The van der Waals surface area contributed by atoms with Gasteiger partial charge in [-0.1, -0.05) is 27.7 Å². The summed E-state index contributed by atoms with van der Waals surface area (Å²) in [6.07, 6.45) is 6.52. The SMILES string of the molecule is CC1(C)CC([C@@H]2C[C@]3(C)CC[C@@]2(C)C3O)C1. The van der Waals surface area contributed by atoms with Crippen molar-refractivity contribution in [3.63, 3.8) is 0 Å². The molecule has 0 aliphatic heterocycles. The number of fused-ring (bicyclic) bond motifs is 2. The minimum atomic E-state index is -0.0336. The standard InChI is InChI=1S/C15H26O/c1-13(2)7-10(8-13)11-9-14(3)5-6-15(11,4)12(14)16/h10-12,16H,5-9H2,1-4H3/t11-,12?,14-,15+/m0/s1. The Morgan fingerprint density at radius 1 is 0.938 bits per heavy atom. The second kappa shape index (κ2) is 2.85. The van der Waals surface area contributed by atoms with Crippen molar-refractivity contribution in [3.8, 4) is 0 Å². The second-order valence-corrected chi connectivity index (χ2v) is 8.21. The van der Waals surface area contributed by atoms with E-state index in [1.807, 2.05) is 0 Å². The fourth-order valence-electron chi connectivity index (χ4n) is 5.31. The first kappa shape index (κ1) is 11.1. The quantitative estimate of drug-likeness (QED) is 0.718. The van der Waals surface area contributed by atoms with Crippen LogP contribution in [-0.4, -0.2) is 11.2 Å². The van der Waals surface area contributed by atoms with E-state index >= 15 is 0 Å². The van der Waals surface area contributed by atoms with Gasteiger partial charge in [0.1, 0.15) is 0 Å². The summed E-state index contributed by atoms with van der Waals surface area (Å²) < 4.78 is 0. The van der Waals surface area contributed by atoms with Crippen molar-refractivity contribution in [2.45, 2.75) is 65.9 Å². The van der Waals surface area contributed by atoms with Crippen LogP contribution in [0.5, 0.6) is 0 Å². The van der Waals surface area contributed by atoms with Gasteiger partial charge in [-0.25, -0.2) is 0 Å². The summed E-state index contributed by atoms with van der Waals surface area (Å²) in [5.41, 5.74) is 1.07. The molecule has 3 aliphatic carbocycles. The maximum absolute atomic E-state index is 10.5. The van der Waals surface area contributed by atoms with Crippen LogP contribution in [0.15, 0.2) is 0 Å². The maximum Gasteiger partial charge on any atom is 0.0650 e. The van der Waals surface area contributed by atoms with Crippen LogP contribution in [0.3, 0.4) is 0 Å². The fourth-order valence-corrected chi connectivity index (χ4v) is 5.31. The number of aliphatic hydroxyl groups excluding tert-OH is 1. The molecule has 2 bridgehead atoms. The molecule has 1 unspecified atom stereocenters. The molecule has 0 aromatic rings. The van der Waals surface area contributed by atoms with Gasteiger partial charge in [-0.2, -0.15) is 0 Å². The topological polar surface area (TPSA) is 20.2 Å². The van der Waals surface area contributed by atoms with E-state index in [0.717, 1.165) is 11.8 Å².